The molecule has 2 aromatic carbocycles. The van der Waals surface area contributed by atoms with E-state index in [9.17, 15) is 4.79 Å². The fourth-order valence-electron chi connectivity index (χ4n) is 3.73. The first kappa shape index (κ1) is 22.2. The van der Waals surface area contributed by atoms with Crippen LogP contribution in [-0.4, -0.2) is 34.0 Å². The Labute approximate surface area is 196 Å². The number of nitrogens with zero attached hydrogens (tertiary/aromatic N) is 2. The molecule has 0 radical (unpaired) electrons. The highest BCUT2D eigenvalue weighted by molar-refractivity contribution is 6.35. The number of carbonyl (C=O) groups is 1. The van der Waals surface area contributed by atoms with Crippen molar-refractivity contribution in [3.63, 3.8) is 0 Å². The number of imidazole rings is 1. The van der Waals surface area contributed by atoms with Gasteiger partial charge in [-0.3, -0.25) is 10.2 Å². The van der Waals surface area contributed by atoms with Crippen LogP contribution < -0.4 is 5.43 Å². The SMILES string of the molecule is O=C(NN1CCCCC1)c1nc(-c2ccc(Cl)cc2)c(CCc2ccc(Cl)cc2Cl)[nH]1. The number of carbonyl (C=O) groups excluding carboxylic acids is 1. The van der Waals surface area contributed by atoms with Crippen molar-refractivity contribution >= 4 is 40.7 Å². The fourth-order valence-corrected chi connectivity index (χ4v) is 4.36. The molecule has 0 spiro atoms. The van der Waals surface area contributed by atoms with Gasteiger partial charge in [0.1, 0.15) is 0 Å². The van der Waals surface area contributed by atoms with E-state index < -0.39 is 0 Å². The Morgan fingerprint density at radius 1 is 0.968 bits per heavy atom. The van der Waals surface area contributed by atoms with E-state index in [1.165, 1.54) is 6.42 Å². The normalized spacial score (nSPS) is 14.5. The van der Waals surface area contributed by atoms with Gasteiger partial charge in [-0.15, -0.1) is 0 Å². The lowest BCUT2D eigenvalue weighted by atomic mass is 10.0. The highest BCUT2D eigenvalue weighted by Crippen LogP contribution is 2.27. The summed E-state index contributed by atoms with van der Waals surface area (Å²) < 4.78 is 0. The van der Waals surface area contributed by atoms with Gasteiger partial charge in [-0.25, -0.2) is 9.99 Å². The Balaban J connectivity index is 1.58. The highest BCUT2D eigenvalue weighted by atomic mass is 35.5. The molecule has 0 aliphatic carbocycles. The number of hydrogen-bond donors (Lipinski definition) is 2. The lowest BCUT2D eigenvalue weighted by Crippen LogP contribution is -2.45. The molecular weight excluding hydrogens is 455 g/mol. The van der Waals surface area contributed by atoms with E-state index in [1.807, 2.05) is 41.4 Å². The molecular formula is C23H23Cl3N4O. The third-order valence-electron chi connectivity index (χ3n) is 5.39. The Hall–Kier alpha value is -2.05. The second-order valence-electron chi connectivity index (χ2n) is 7.64. The molecule has 4 rings (SSSR count). The summed E-state index contributed by atoms with van der Waals surface area (Å²) in [7, 11) is 0. The molecule has 2 N–H and O–H groups in total. The first-order chi connectivity index (χ1) is 15.0. The molecule has 1 amide bonds. The summed E-state index contributed by atoms with van der Waals surface area (Å²) in [6.07, 6.45) is 4.70. The predicted octanol–water partition coefficient (Wildman–Crippen LogP) is 5.95. The average molecular weight is 478 g/mol. The van der Waals surface area contributed by atoms with Crippen molar-refractivity contribution in [3.05, 3.63) is 74.6 Å². The number of piperidine rings is 1. The summed E-state index contributed by atoms with van der Waals surface area (Å²) >= 11 is 18.4. The van der Waals surface area contributed by atoms with Crippen molar-refractivity contribution in [2.24, 2.45) is 0 Å². The molecule has 1 aliphatic heterocycles. The van der Waals surface area contributed by atoms with E-state index in [0.29, 0.717) is 33.7 Å². The van der Waals surface area contributed by atoms with E-state index in [1.54, 1.807) is 6.07 Å². The maximum atomic E-state index is 12.8. The van der Waals surface area contributed by atoms with Crippen LogP contribution in [0.5, 0.6) is 0 Å². The van der Waals surface area contributed by atoms with Gasteiger partial charge in [-0.2, -0.15) is 0 Å². The number of halogens is 3. The van der Waals surface area contributed by atoms with E-state index >= 15 is 0 Å². The zero-order valence-corrected chi connectivity index (χ0v) is 19.2. The number of amides is 1. The Kier molecular flexibility index (Phi) is 7.18. The van der Waals surface area contributed by atoms with Gasteiger partial charge >= 0.3 is 5.91 Å². The summed E-state index contributed by atoms with van der Waals surface area (Å²) in [4.78, 5) is 20.7. The predicted molar refractivity (Wildman–Crippen MR) is 126 cm³/mol. The fraction of sp³-hybridized carbons (Fsp3) is 0.304. The zero-order chi connectivity index (χ0) is 21.8. The lowest BCUT2D eigenvalue weighted by molar-refractivity contribution is 0.0740. The van der Waals surface area contributed by atoms with Gasteiger partial charge < -0.3 is 4.98 Å². The molecule has 5 nitrogen and oxygen atoms in total. The minimum Gasteiger partial charge on any atom is -0.337 e. The van der Waals surface area contributed by atoms with Gasteiger partial charge in [0.15, 0.2) is 5.82 Å². The van der Waals surface area contributed by atoms with Gasteiger partial charge in [0.05, 0.1) is 5.69 Å². The zero-order valence-electron chi connectivity index (χ0n) is 16.9. The molecule has 1 aromatic heterocycles. The summed E-state index contributed by atoms with van der Waals surface area (Å²) in [6.45, 7) is 1.72. The lowest BCUT2D eigenvalue weighted by Gasteiger charge is -2.26. The molecule has 162 valence electrons. The molecule has 0 saturated carbocycles. The minimum absolute atomic E-state index is 0.229. The van der Waals surface area contributed by atoms with Crippen LogP contribution in [0.4, 0.5) is 0 Å². The number of benzene rings is 2. The van der Waals surface area contributed by atoms with Gasteiger partial charge in [0.25, 0.3) is 0 Å². The Morgan fingerprint density at radius 3 is 2.39 bits per heavy atom. The quantitative estimate of drug-likeness (QED) is 0.461. The highest BCUT2D eigenvalue weighted by Gasteiger charge is 2.20. The number of aromatic amines is 1. The Bertz CT molecular complexity index is 1060. The molecule has 0 bridgehead atoms. The molecule has 0 unspecified atom stereocenters. The molecule has 31 heavy (non-hydrogen) atoms. The number of nitrogens with one attached hydrogen (secondary N) is 2. The topological polar surface area (TPSA) is 61.0 Å². The van der Waals surface area contributed by atoms with Crippen LogP contribution >= 0.6 is 34.8 Å². The van der Waals surface area contributed by atoms with Crippen LogP contribution in [0.2, 0.25) is 15.1 Å². The Morgan fingerprint density at radius 2 is 1.68 bits per heavy atom. The van der Waals surface area contributed by atoms with Crippen molar-refractivity contribution < 1.29 is 4.79 Å². The molecule has 2 heterocycles. The number of hydrazine groups is 1. The van der Waals surface area contributed by atoms with Crippen LogP contribution in [0.15, 0.2) is 42.5 Å². The van der Waals surface area contributed by atoms with Crippen molar-refractivity contribution in [3.8, 4) is 11.3 Å². The van der Waals surface area contributed by atoms with Crippen molar-refractivity contribution in [1.82, 2.24) is 20.4 Å². The molecule has 1 saturated heterocycles. The van der Waals surface area contributed by atoms with Gasteiger partial charge in [0, 0.05) is 39.4 Å². The van der Waals surface area contributed by atoms with Crippen LogP contribution in [0.3, 0.4) is 0 Å². The monoisotopic (exact) mass is 476 g/mol. The van der Waals surface area contributed by atoms with Gasteiger partial charge in [0.2, 0.25) is 0 Å². The van der Waals surface area contributed by atoms with Crippen LogP contribution in [0.25, 0.3) is 11.3 Å². The first-order valence-corrected chi connectivity index (χ1v) is 11.5. The first-order valence-electron chi connectivity index (χ1n) is 10.3. The smallest absolute Gasteiger partial charge is 0.301 e. The summed E-state index contributed by atoms with van der Waals surface area (Å²) in [6, 6.07) is 12.9. The minimum atomic E-state index is -0.229. The maximum absolute atomic E-state index is 12.8. The molecule has 3 aromatic rings. The third-order valence-corrected chi connectivity index (χ3v) is 6.23. The van der Waals surface area contributed by atoms with Crippen molar-refractivity contribution in [2.45, 2.75) is 32.1 Å². The van der Waals surface area contributed by atoms with E-state index in [-0.39, 0.29) is 5.91 Å². The van der Waals surface area contributed by atoms with Crippen LogP contribution in [-0.2, 0) is 12.8 Å². The van der Waals surface area contributed by atoms with Crippen molar-refractivity contribution in [2.75, 3.05) is 13.1 Å². The molecule has 1 aliphatic rings. The second-order valence-corrected chi connectivity index (χ2v) is 8.92. The van der Waals surface area contributed by atoms with E-state index in [2.05, 4.69) is 15.4 Å². The van der Waals surface area contributed by atoms with Crippen molar-refractivity contribution in [1.29, 1.82) is 0 Å². The number of rotatable bonds is 6. The molecule has 0 atom stereocenters. The summed E-state index contributed by atoms with van der Waals surface area (Å²) in [5, 5.41) is 3.84. The van der Waals surface area contributed by atoms with Crippen LogP contribution in [0.1, 0.15) is 41.1 Å². The summed E-state index contributed by atoms with van der Waals surface area (Å²) in [5.74, 6) is 0.0700. The van der Waals surface area contributed by atoms with E-state index in [0.717, 1.165) is 48.4 Å². The number of aromatic nitrogens is 2. The van der Waals surface area contributed by atoms with Gasteiger partial charge in [-0.1, -0.05) is 59.4 Å². The standard InChI is InChI=1S/C23H23Cl3N4O/c24-17-8-5-16(6-9-17)21-20(11-7-15-4-10-18(25)14-19(15)26)27-22(28-21)23(31)29-30-12-2-1-3-13-30/h4-6,8-10,14H,1-3,7,11-13H2,(H,27,28)(H,29,31). The molecule has 1 fully saturated rings. The summed E-state index contributed by atoms with van der Waals surface area (Å²) in [5.41, 5.74) is 6.47. The third kappa shape index (κ3) is 5.60. The maximum Gasteiger partial charge on any atom is 0.301 e. The van der Waals surface area contributed by atoms with Gasteiger partial charge in [-0.05, 0) is 55.5 Å². The average Bonchev–Trinajstić information content (AvgIpc) is 3.19. The largest absolute Gasteiger partial charge is 0.337 e. The number of aryl methyl sites for hydroxylation is 2. The number of hydrogen-bond acceptors (Lipinski definition) is 3. The number of H-pyrrole nitrogens is 1. The second kappa shape index (κ2) is 10.0. The van der Waals surface area contributed by atoms with Crippen LogP contribution in [0, 0.1) is 0 Å². The molecule has 8 heteroatoms. The van der Waals surface area contributed by atoms with E-state index in [4.69, 9.17) is 34.8 Å².